The van der Waals surface area contributed by atoms with Crippen LogP contribution in [0, 0.1) is 6.92 Å². The van der Waals surface area contributed by atoms with Crippen LogP contribution in [0.3, 0.4) is 0 Å². The Labute approximate surface area is 165 Å². The van der Waals surface area contributed by atoms with Gasteiger partial charge in [-0.2, -0.15) is 0 Å². The average molecular weight is 378 g/mol. The van der Waals surface area contributed by atoms with Crippen molar-refractivity contribution in [2.75, 3.05) is 6.61 Å². The summed E-state index contributed by atoms with van der Waals surface area (Å²) in [6.45, 7) is 2.77. The summed E-state index contributed by atoms with van der Waals surface area (Å²) in [6, 6.07) is 10.6. The number of ether oxygens (including phenoxy) is 2. The van der Waals surface area contributed by atoms with Crippen LogP contribution in [0.4, 0.5) is 0 Å². The van der Waals surface area contributed by atoms with Crippen LogP contribution in [-0.2, 0) is 16.0 Å². The summed E-state index contributed by atoms with van der Waals surface area (Å²) in [4.78, 5) is 12.2. The molecule has 0 radical (unpaired) electrons. The number of benzene rings is 2. The van der Waals surface area contributed by atoms with Crippen molar-refractivity contribution in [1.82, 2.24) is 0 Å². The molecule has 0 spiro atoms. The van der Waals surface area contributed by atoms with Gasteiger partial charge in [0.05, 0.1) is 12.7 Å². The van der Waals surface area contributed by atoms with Crippen molar-refractivity contribution in [3.05, 3.63) is 52.6 Å². The van der Waals surface area contributed by atoms with Gasteiger partial charge in [-0.25, -0.2) is 4.79 Å². The van der Waals surface area contributed by atoms with Crippen molar-refractivity contribution in [3.8, 4) is 16.9 Å². The van der Waals surface area contributed by atoms with Crippen LogP contribution in [0.2, 0.25) is 0 Å². The van der Waals surface area contributed by atoms with E-state index in [0.717, 1.165) is 60.3 Å². The molecule has 4 nitrogen and oxygen atoms in total. The molecule has 5 rings (SSSR count). The molecule has 0 bridgehead atoms. The van der Waals surface area contributed by atoms with Gasteiger partial charge in [0, 0.05) is 5.56 Å². The zero-order valence-corrected chi connectivity index (χ0v) is 16.2. The molecule has 0 saturated heterocycles. The first-order chi connectivity index (χ1) is 13.6. The Kier molecular flexibility index (Phi) is 4.39. The fourth-order valence-electron chi connectivity index (χ4n) is 4.30. The fourth-order valence-corrected chi connectivity index (χ4v) is 4.30. The van der Waals surface area contributed by atoms with Gasteiger partial charge in [-0.15, -0.1) is 0 Å². The first kappa shape index (κ1) is 17.7. The minimum absolute atomic E-state index is 0.0786. The van der Waals surface area contributed by atoms with Gasteiger partial charge < -0.3 is 14.6 Å². The second-order valence-electron chi connectivity index (χ2n) is 8.36. The van der Waals surface area contributed by atoms with Gasteiger partial charge in [0.1, 0.15) is 5.75 Å². The maximum Gasteiger partial charge on any atom is 0.337 e. The molecule has 28 heavy (non-hydrogen) atoms. The van der Waals surface area contributed by atoms with Gasteiger partial charge in [0.15, 0.2) is 6.10 Å². The fraction of sp³-hybridized carbons (Fsp3) is 0.458. The lowest BCUT2D eigenvalue weighted by Gasteiger charge is -2.24. The highest BCUT2D eigenvalue weighted by Crippen LogP contribution is 2.49. The third kappa shape index (κ3) is 3.30. The molecule has 2 aliphatic carbocycles. The maximum absolute atomic E-state index is 12.2. The van der Waals surface area contributed by atoms with E-state index in [4.69, 9.17) is 9.47 Å². The maximum atomic E-state index is 12.2. The zero-order valence-electron chi connectivity index (χ0n) is 16.2. The summed E-state index contributed by atoms with van der Waals surface area (Å²) < 4.78 is 11.8. The Balaban J connectivity index is 1.68. The Morgan fingerprint density at radius 1 is 1.18 bits per heavy atom. The second-order valence-corrected chi connectivity index (χ2v) is 8.36. The van der Waals surface area contributed by atoms with Crippen LogP contribution in [-0.4, -0.2) is 23.8 Å². The summed E-state index contributed by atoms with van der Waals surface area (Å²) in [5.74, 6) is 0.587. The molecular weight excluding hydrogens is 352 g/mol. The number of hydrogen-bond donors (Lipinski definition) is 1. The molecule has 1 heterocycles. The molecule has 4 heteroatoms. The highest BCUT2D eigenvalue weighted by atomic mass is 16.5. The Hall–Kier alpha value is -2.33. The highest BCUT2D eigenvalue weighted by molar-refractivity contribution is 5.83. The van der Waals surface area contributed by atoms with E-state index >= 15 is 0 Å². The van der Waals surface area contributed by atoms with E-state index < -0.39 is 12.1 Å². The van der Waals surface area contributed by atoms with Crippen LogP contribution in [0.25, 0.3) is 11.1 Å². The molecule has 2 saturated carbocycles. The van der Waals surface area contributed by atoms with Crippen molar-refractivity contribution >= 4 is 5.97 Å². The molecule has 1 aliphatic heterocycles. The normalized spacial score (nSPS) is 19.6. The summed E-state index contributed by atoms with van der Waals surface area (Å²) in [5.41, 5.74) is 6.47. The molecule has 1 atom stereocenters. The van der Waals surface area contributed by atoms with Crippen molar-refractivity contribution < 1.29 is 19.4 Å². The molecule has 0 unspecified atom stereocenters. The first-order valence-electron chi connectivity index (χ1n) is 10.4. The van der Waals surface area contributed by atoms with E-state index in [9.17, 15) is 9.90 Å². The van der Waals surface area contributed by atoms with E-state index in [0.29, 0.717) is 5.92 Å². The van der Waals surface area contributed by atoms with Gasteiger partial charge in [-0.05, 0) is 91.3 Å². The molecule has 1 N–H and O–H groups in total. The lowest BCUT2D eigenvalue weighted by molar-refractivity contribution is -0.151. The predicted molar refractivity (Wildman–Crippen MR) is 107 cm³/mol. The van der Waals surface area contributed by atoms with Crippen molar-refractivity contribution in [1.29, 1.82) is 0 Å². The molecule has 0 amide bonds. The van der Waals surface area contributed by atoms with E-state index in [1.54, 1.807) is 0 Å². The largest absolute Gasteiger partial charge is 0.493 e. The Morgan fingerprint density at radius 3 is 2.71 bits per heavy atom. The number of rotatable bonds is 6. The molecule has 2 aromatic carbocycles. The Morgan fingerprint density at radius 2 is 2.00 bits per heavy atom. The minimum Gasteiger partial charge on any atom is -0.493 e. The first-order valence-corrected chi connectivity index (χ1v) is 10.4. The topological polar surface area (TPSA) is 55.8 Å². The molecule has 146 valence electrons. The van der Waals surface area contributed by atoms with E-state index in [1.807, 2.05) is 13.0 Å². The third-order valence-corrected chi connectivity index (χ3v) is 6.05. The average Bonchev–Trinajstić information content (AvgIpc) is 3.60. The van der Waals surface area contributed by atoms with Gasteiger partial charge in [0.25, 0.3) is 0 Å². The lowest BCUT2D eigenvalue weighted by atomic mass is 9.85. The van der Waals surface area contributed by atoms with Crippen LogP contribution in [0.15, 0.2) is 30.3 Å². The summed E-state index contributed by atoms with van der Waals surface area (Å²) in [5, 5.41) is 9.99. The van der Waals surface area contributed by atoms with Crippen LogP contribution in [0.1, 0.15) is 66.4 Å². The number of carboxylic acid groups (broad SMARTS) is 1. The van der Waals surface area contributed by atoms with Crippen molar-refractivity contribution in [2.24, 2.45) is 0 Å². The summed E-state index contributed by atoms with van der Waals surface area (Å²) >= 11 is 0. The predicted octanol–water partition coefficient (Wildman–Crippen LogP) is 5.17. The molecular formula is C24H26O4. The number of hydrogen-bond acceptors (Lipinski definition) is 3. The molecule has 3 aliphatic rings. The highest BCUT2D eigenvalue weighted by Gasteiger charge is 2.36. The number of aryl methyl sites for hydroxylation is 2. The second kappa shape index (κ2) is 6.93. The standard InChI is InChI=1S/C24H26O4/c1-14-4-10-19(15-5-6-15)22(21(14)23(24(25)26)28-18-8-9-18)17-7-11-20-16(13-17)3-2-12-27-20/h4,7,10-11,13,15,18,23H,2-3,5-6,8-9,12H2,1H3,(H,25,26)/t23-/m0/s1. The van der Waals surface area contributed by atoms with Crippen molar-refractivity contribution in [3.63, 3.8) is 0 Å². The van der Waals surface area contributed by atoms with E-state index in [1.165, 1.54) is 24.0 Å². The number of fused-ring (bicyclic) bond motifs is 1. The summed E-state index contributed by atoms with van der Waals surface area (Å²) in [7, 11) is 0. The van der Waals surface area contributed by atoms with E-state index in [2.05, 4.69) is 24.3 Å². The number of carboxylic acids is 1. The van der Waals surface area contributed by atoms with Gasteiger partial charge in [-0.1, -0.05) is 18.2 Å². The molecule has 2 aromatic rings. The van der Waals surface area contributed by atoms with Crippen molar-refractivity contribution in [2.45, 2.75) is 63.6 Å². The zero-order chi connectivity index (χ0) is 19.3. The van der Waals surface area contributed by atoms with E-state index in [-0.39, 0.29) is 6.10 Å². The Bertz CT molecular complexity index is 924. The molecule has 0 aromatic heterocycles. The molecule has 2 fully saturated rings. The SMILES string of the molecule is Cc1ccc(C2CC2)c(-c2ccc3c(c2)CCCO3)c1[C@H](OC1CC1)C(=O)O. The van der Waals surface area contributed by atoms with Gasteiger partial charge >= 0.3 is 5.97 Å². The number of carbonyl (C=O) groups is 1. The monoisotopic (exact) mass is 378 g/mol. The number of aliphatic carboxylic acids is 1. The van der Waals surface area contributed by atoms with Crippen LogP contribution >= 0.6 is 0 Å². The smallest absolute Gasteiger partial charge is 0.337 e. The minimum atomic E-state index is -0.909. The lowest BCUT2D eigenvalue weighted by Crippen LogP contribution is -2.19. The quantitative estimate of drug-likeness (QED) is 0.753. The third-order valence-electron chi connectivity index (χ3n) is 6.05. The van der Waals surface area contributed by atoms with Gasteiger partial charge in [0.2, 0.25) is 0 Å². The van der Waals surface area contributed by atoms with Gasteiger partial charge in [-0.3, -0.25) is 0 Å². The summed E-state index contributed by atoms with van der Waals surface area (Å²) in [6.07, 6.45) is 5.45. The van der Waals surface area contributed by atoms with Crippen LogP contribution < -0.4 is 4.74 Å². The van der Waals surface area contributed by atoms with Crippen LogP contribution in [0.5, 0.6) is 5.75 Å².